The molecule has 0 saturated carbocycles. The molecule has 0 spiro atoms. The number of anilines is 3. The first kappa shape index (κ1) is 39.3. The van der Waals surface area contributed by atoms with Gasteiger partial charge in [0, 0.05) is 72.3 Å². The average Bonchev–Trinajstić information content (AvgIpc) is 3.88. The largest absolute Gasteiger partial charge is 0.496 e. The van der Waals surface area contributed by atoms with Gasteiger partial charge in [0.25, 0.3) is 0 Å². The van der Waals surface area contributed by atoms with Crippen LogP contribution in [0.5, 0.6) is 11.5 Å². The Morgan fingerprint density at radius 1 is 1.12 bits per heavy atom. The SMILES string of the molecule is COc1c(C)cnc(CN2C[C@H](CC(=O)NCCCC[C@H](Nc3ccc4c(c3)OCCn3cc(-c5ncnn5C(C)C)nc3-4)C(N)=O)c3c(Cl)nc(N)nc32)c1C. The molecule has 0 bridgehead atoms. The van der Waals surface area contributed by atoms with E-state index in [9.17, 15) is 9.59 Å². The molecule has 0 fully saturated rings. The van der Waals surface area contributed by atoms with Gasteiger partial charge in [-0.25, -0.2) is 19.6 Å². The van der Waals surface area contributed by atoms with Crippen LogP contribution in [0.25, 0.3) is 22.9 Å². The van der Waals surface area contributed by atoms with Crippen molar-refractivity contribution < 1.29 is 19.1 Å². The summed E-state index contributed by atoms with van der Waals surface area (Å²) < 4.78 is 15.6. The molecule has 7 rings (SSSR count). The lowest BCUT2D eigenvalue weighted by molar-refractivity contribution is -0.121. The van der Waals surface area contributed by atoms with Gasteiger partial charge in [-0.1, -0.05) is 11.6 Å². The van der Waals surface area contributed by atoms with Gasteiger partial charge >= 0.3 is 0 Å². The van der Waals surface area contributed by atoms with Crippen molar-refractivity contribution in [3.8, 4) is 34.4 Å². The molecule has 0 unspecified atom stereocenters. The Labute approximate surface area is 335 Å². The highest BCUT2D eigenvalue weighted by Crippen LogP contribution is 2.42. The number of nitrogens with two attached hydrogens (primary N) is 2. The fourth-order valence-corrected chi connectivity index (χ4v) is 7.90. The Hall–Kier alpha value is -5.97. The molecule has 300 valence electrons. The fraction of sp³-hybridized carbons (Fsp3) is 0.436. The van der Waals surface area contributed by atoms with Crippen LogP contribution in [-0.2, 0) is 22.7 Å². The van der Waals surface area contributed by atoms with Gasteiger partial charge in [-0.2, -0.15) is 10.1 Å². The van der Waals surface area contributed by atoms with Gasteiger partial charge in [0.15, 0.2) is 5.82 Å². The van der Waals surface area contributed by atoms with Crippen LogP contribution in [0.2, 0.25) is 5.15 Å². The normalized spacial score (nSPS) is 15.0. The molecule has 1 aromatic carbocycles. The number of benzene rings is 1. The number of methoxy groups -OCH3 is 1. The molecular formula is C39H48ClN13O4. The van der Waals surface area contributed by atoms with E-state index >= 15 is 0 Å². The average molecular weight is 798 g/mol. The smallest absolute Gasteiger partial charge is 0.239 e. The zero-order chi connectivity index (χ0) is 40.4. The summed E-state index contributed by atoms with van der Waals surface area (Å²) in [5.41, 5.74) is 17.5. The Kier molecular flexibility index (Phi) is 11.5. The molecule has 17 nitrogen and oxygen atoms in total. The van der Waals surface area contributed by atoms with Crippen LogP contribution in [0, 0.1) is 13.8 Å². The van der Waals surface area contributed by atoms with E-state index in [1.54, 1.807) is 19.6 Å². The van der Waals surface area contributed by atoms with Crippen LogP contribution in [0.4, 0.5) is 17.5 Å². The maximum Gasteiger partial charge on any atom is 0.239 e. The molecule has 2 atom stereocenters. The summed E-state index contributed by atoms with van der Waals surface area (Å²) >= 11 is 6.59. The van der Waals surface area contributed by atoms with Crippen molar-refractivity contribution in [2.24, 2.45) is 5.73 Å². The summed E-state index contributed by atoms with van der Waals surface area (Å²) in [6, 6.07) is 5.21. The molecular weight excluding hydrogens is 750 g/mol. The van der Waals surface area contributed by atoms with E-state index in [2.05, 4.69) is 54.1 Å². The fourth-order valence-electron chi connectivity index (χ4n) is 7.57. The van der Waals surface area contributed by atoms with Crippen molar-refractivity contribution in [3.05, 3.63) is 64.5 Å². The predicted molar refractivity (Wildman–Crippen MR) is 216 cm³/mol. The number of primary amides is 1. The summed E-state index contributed by atoms with van der Waals surface area (Å²) in [6.07, 6.45) is 7.26. The van der Waals surface area contributed by atoms with Gasteiger partial charge in [-0.15, -0.1) is 0 Å². The molecule has 18 heteroatoms. The Balaban J connectivity index is 0.929. The number of fused-ring (bicyclic) bond motifs is 4. The van der Waals surface area contributed by atoms with Gasteiger partial charge < -0.3 is 41.0 Å². The third-order valence-electron chi connectivity index (χ3n) is 10.4. The first-order valence-corrected chi connectivity index (χ1v) is 19.4. The van der Waals surface area contributed by atoms with Crippen LogP contribution in [0.3, 0.4) is 0 Å². The second-order valence-corrected chi connectivity index (χ2v) is 15.1. The quantitative estimate of drug-likeness (QED) is 0.0844. The maximum absolute atomic E-state index is 13.2. The number of aromatic nitrogens is 8. The molecule has 0 saturated heterocycles. The number of imidazole rings is 1. The van der Waals surface area contributed by atoms with E-state index in [-0.39, 0.29) is 35.4 Å². The monoisotopic (exact) mass is 797 g/mol. The topological polar surface area (TPSA) is 219 Å². The van der Waals surface area contributed by atoms with Gasteiger partial charge in [0.1, 0.15) is 53.0 Å². The standard InChI is InChI=1S/C39H48ClN13O4/c1-21(2)53-37(45-20-46-53)29-19-51-12-13-57-30-15-25(9-10-26(30)36(51)48-29)47-27(35(41)55)8-6-7-11-43-31(54)14-24-17-52(38-32(24)34(40)49-39(42)50-38)18-28-23(4)33(56-5)22(3)16-44-28/h9-10,15-16,19-21,24,27,47H,6-8,11-14,17-18H2,1-5H3,(H2,41,55)(H,43,54)(H2,42,49,50)/t24-,27-/m0/s1. The zero-order valence-corrected chi connectivity index (χ0v) is 33.5. The van der Waals surface area contributed by atoms with Crippen LogP contribution >= 0.6 is 11.6 Å². The van der Waals surface area contributed by atoms with Crippen molar-refractivity contribution in [2.45, 2.75) is 84.5 Å². The molecule has 5 aromatic rings. The van der Waals surface area contributed by atoms with E-state index in [0.717, 1.165) is 39.7 Å². The summed E-state index contributed by atoms with van der Waals surface area (Å²) in [6.45, 7) is 10.4. The molecule has 57 heavy (non-hydrogen) atoms. The number of halogens is 1. The number of rotatable bonds is 15. The van der Waals surface area contributed by atoms with Gasteiger partial charge in [-0.05, 0) is 59.1 Å². The lowest BCUT2D eigenvalue weighted by Gasteiger charge is -2.21. The number of pyridine rings is 1. The number of carbonyl (C=O) groups is 2. The predicted octanol–water partition coefficient (Wildman–Crippen LogP) is 4.57. The molecule has 0 aliphatic carbocycles. The Morgan fingerprint density at radius 3 is 2.72 bits per heavy atom. The molecule has 2 amide bonds. The number of ether oxygens (including phenoxy) is 2. The van der Waals surface area contributed by atoms with Crippen LogP contribution in [0.1, 0.15) is 73.9 Å². The highest BCUT2D eigenvalue weighted by molar-refractivity contribution is 6.30. The van der Waals surface area contributed by atoms with Crippen molar-refractivity contribution in [1.82, 2.24) is 44.6 Å². The molecule has 4 aromatic heterocycles. The van der Waals surface area contributed by atoms with E-state index in [0.29, 0.717) is 80.7 Å². The van der Waals surface area contributed by atoms with Gasteiger partial charge in [0.05, 0.1) is 31.5 Å². The number of hydrogen-bond donors (Lipinski definition) is 4. The number of carbonyl (C=O) groups excluding carboxylic acids is 2. The molecule has 6 N–H and O–H groups in total. The minimum Gasteiger partial charge on any atom is -0.496 e. The first-order chi connectivity index (χ1) is 27.4. The summed E-state index contributed by atoms with van der Waals surface area (Å²) in [5, 5.41) is 10.9. The number of aryl methyl sites for hydroxylation is 1. The second kappa shape index (κ2) is 16.6. The third-order valence-corrected chi connectivity index (χ3v) is 10.7. The minimum atomic E-state index is -0.623. The maximum atomic E-state index is 13.2. The lowest BCUT2D eigenvalue weighted by atomic mass is 10.00. The van der Waals surface area contributed by atoms with Gasteiger partial charge in [0.2, 0.25) is 17.8 Å². The Bertz CT molecular complexity index is 2290. The van der Waals surface area contributed by atoms with E-state index in [4.69, 9.17) is 37.5 Å². The minimum absolute atomic E-state index is 0.0610. The second-order valence-electron chi connectivity index (χ2n) is 14.7. The van der Waals surface area contributed by atoms with Gasteiger partial charge in [-0.3, -0.25) is 14.6 Å². The number of nitrogens with zero attached hydrogens (tertiary/aromatic N) is 9. The Morgan fingerprint density at radius 2 is 1.95 bits per heavy atom. The van der Waals surface area contributed by atoms with E-state index in [1.807, 2.05) is 47.8 Å². The van der Waals surface area contributed by atoms with Crippen LogP contribution < -0.4 is 36.5 Å². The molecule has 0 radical (unpaired) electrons. The van der Waals surface area contributed by atoms with Crippen molar-refractivity contribution >= 4 is 40.9 Å². The highest BCUT2D eigenvalue weighted by atomic mass is 35.5. The number of amides is 2. The van der Waals surface area contributed by atoms with E-state index in [1.165, 1.54) is 0 Å². The van der Waals surface area contributed by atoms with Crippen LogP contribution in [0.15, 0.2) is 36.9 Å². The number of hydrogen-bond acceptors (Lipinski definition) is 13. The van der Waals surface area contributed by atoms with Crippen molar-refractivity contribution in [3.63, 3.8) is 0 Å². The lowest BCUT2D eigenvalue weighted by Crippen LogP contribution is -2.35. The third kappa shape index (κ3) is 8.28. The summed E-state index contributed by atoms with van der Waals surface area (Å²) in [5.74, 6) is 2.72. The number of nitrogen functional groups attached to an aromatic ring is 1. The van der Waals surface area contributed by atoms with Crippen molar-refractivity contribution in [1.29, 1.82) is 0 Å². The number of nitrogens with one attached hydrogen (secondary N) is 2. The van der Waals surface area contributed by atoms with Crippen molar-refractivity contribution in [2.75, 3.05) is 42.8 Å². The zero-order valence-electron chi connectivity index (χ0n) is 32.8. The molecule has 2 aliphatic rings. The first-order valence-electron chi connectivity index (χ1n) is 19.1. The molecule has 2 aliphatic heterocycles. The number of unbranched alkanes of at least 4 members (excludes halogenated alkanes) is 1. The highest BCUT2D eigenvalue weighted by Gasteiger charge is 2.35. The van der Waals surface area contributed by atoms with E-state index < -0.39 is 11.9 Å². The molecule has 6 heterocycles. The summed E-state index contributed by atoms with van der Waals surface area (Å²) in [7, 11) is 1.64. The van der Waals surface area contributed by atoms with Crippen LogP contribution in [-0.4, -0.2) is 83.9 Å². The summed E-state index contributed by atoms with van der Waals surface area (Å²) in [4.78, 5) is 50.4.